The average Bonchev–Trinajstić information content (AvgIpc) is 3.06. The molecule has 0 aliphatic carbocycles. The van der Waals surface area contributed by atoms with Gasteiger partial charge in [0.2, 0.25) is 0 Å². The van der Waals surface area contributed by atoms with Crippen molar-refractivity contribution in [2.45, 2.75) is 59.0 Å². The number of aryl methyl sites for hydroxylation is 1. The van der Waals surface area contributed by atoms with Gasteiger partial charge in [-0.05, 0) is 36.5 Å². The van der Waals surface area contributed by atoms with Crippen molar-refractivity contribution in [2.75, 3.05) is 0 Å². The Morgan fingerprint density at radius 3 is 2.33 bits per heavy atom. The zero-order valence-electron chi connectivity index (χ0n) is 16.0. The molecule has 2 heterocycles. The van der Waals surface area contributed by atoms with Gasteiger partial charge >= 0.3 is 5.69 Å². The van der Waals surface area contributed by atoms with Gasteiger partial charge in [0.15, 0.2) is 5.65 Å². The zero-order chi connectivity index (χ0) is 19.6. The van der Waals surface area contributed by atoms with Crippen LogP contribution in [-0.4, -0.2) is 24.2 Å². The van der Waals surface area contributed by atoms with Crippen LogP contribution in [0.3, 0.4) is 0 Å². The van der Waals surface area contributed by atoms with Gasteiger partial charge in [0.25, 0.3) is 5.56 Å². The van der Waals surface area contributed by atoms with Gasteiger partial charge in [0.1, 0.15) is 17.1 Å². The van der Waals surface area contributed by atoms with Crippen molar-refractivity contribution in [3.8, 4) is 5.75 Å². The number of imidazole rings is 1. The zero-order valence-corrected chi connectivity index (χ0v) is 16.0. The molecule has 2 N–H and O–H groups in total. The third kappa shape index (κ3) is 3.67. The molecule has 0 spiro atoms. The molecule has 1 atom stereocenters. The molecule has 1 unspecified atom stereocenters. The second-order valence-electron chi connectivity index (χ2n) is 6.97. The largest absolute Gasteiger partial charge is 0.508 e. The molecular weight excluding hydrogens is 344 g/mol. The number of aromatic hydroxyl groups is 1. The number of rotatable bonds is 7. The standard InChI is InChI=1S/C20H26N4O3/c1-4-10-23-18-17(19(26)24(11-5-2)20(23)27)21-16(22-18)12-13(3)14-6-8-15(25)9-7-14/h6-9,13,25H,4-5,10-12H2,1-3H3,(H,21,22). The first kappa shape index (κ1) is 18.9. The summed E-state index contributed by atoms with van der Waals surface area (Å²) in [7, 11) is 0. The molecule has 7 nitrogen and oxygen atoms in total. The van der Waals surface area contributed by atoms with Crippen molar-refractivity contribution in [2.24, 2.45) is 0 Å². The predicted octanol–water partition coefficient (Wildman–Crippen LogP) is 2.76. The van der Waals surface area contributed by atoms with Crippen molar-refractivity contribution in [1.82, 2.24) is 19.1 Å². The van der Waals surface area contributed by atoms with Crippen molar-refractivity contribution in [1.29, 1.82) is 0 Å². The molecule has 7 heteroatoms. The van der Waals surface area contributed by atoms with Gasteiger partial charge in [0.05, 0.1) is 0 Å². The molecule has 0 aliphatic heterocycles. The van der Waals surface area contributed by atoms with Crippen molar-refractivity contribution < 1.29 is 5.11 Å². The van der Waals surface area contributed by atoms with Crippen LogP contribution in [0.25, 0.3) is 11.2 Å². The van der Waals surface area contributed by atoms with E-state index >= 15 is 0 Å². The SMILES string of the molecule is CCCn1c(=O)c2[nH]c(CC(C)c3ccc(O)cc3)nc2n(CCC)c1=O. The minimum absolute atomic E-state index is 0.148. The van der Waals surface area contributed by atoms with Crippen LogP contribution in [-0.2, 0) is 19.5 Å². The Morgan fingerprint density at radius 2 is 1.70 bits per heavy atom. The lowest BCUT2D eigenvalue weighted by Crippen LogP contribution is -2.40. The van der Waals surface area contributed by atoms with Crippen molar-refractivity contribution >= 4 is 11.2 Å². The number of phenols is 1. The lowest BCUT2D eigenvalue weighted by molar-refractivity contribution is 0.475. The Labute approximate surface area is 157 Å². The summed E-state index contributed by atoms with van der Waals surface area (Å²) in [5.41, 5.74) is 1.31. The van der Waals surface area contributed by atoms with Crippen LogP contribution in [0.4, 0.5) is 0 Å². The van der Waals surface area contributed by atoms with Crippen LogP contribution in [0.5, 0.6) is 5.75 Å². The minimum Gasteiger partial charge on any atom is -0.508 e. The Bertz CT molecular complexity index is 1040. The summed E-state index contributed by atoms with van der Waals surface area (Å²) >= 11 is 0. The van der Waals surface area contributed by atoms with E-state index in [0.717, 1.165) is 12.0 Å². The number of aromatic amines is 1. The molecule has 0 saturated carbocycles. The molecule has 27 heavy (non-hydrogen) atoms. The molecule has 3 rings (SSSR count). The van der Waals surface area contributed by atoms with Crippen LogP contribution < -0.4 is 11.2 Å². The van der Waals surface area contributed by atoms with Crippen LogP contribution in [0, 0.1) is 0 Å². The highest BCUT2D eigenvalue weighted by Gasteiger charge is 2.18. The van der Waals surface area contributed by atoms with Crippen LogP contribution in [0.15, 0.2) is 33.9 Å². The molecule has 0 amide bonds. The van der Waals surface area contributed by atoms with Gasteiger partial charge in [-0.3, -0.25) is 13.9 Å². The van der Waals surface area contributed by atoms with E-state index in [0.29, 0.717) is 42.9 Å². The van der Waals surface area contributed by atoms with Crippen LogP contribution >= 0.6 is 0 Å². The van der Waals surface area contributed by atoms with Gasteiger partial charge < -0.3 is 10.1 Å². The average molecular weight is 370 g/mol. The number of nitrogens with zero attached hydrogens (tertiary/aromatic N) is 3. The number of fused-ring (bicyclic) bond motifs is 1. The molecule has 0 saturated heterocycles. The number of H-pyrrole nitrogens is 1. The number of aromatic nitrogens is 4. The second-order valence-corrected chi connectivity index (χ2v) is 6.97. The molecule has 1 aromatic carbocycles. The fraction of sp³-hybridized carbons (Fsp3) is 0.450. The van der Waals surface area contributed by atoms with Gasteiger partial charge in [-0.2, -0.15) is 0 Å². The lowest BCUT2D eigenvalue weighted by atomic mass is 9.97. The normalized spacial score (nSPS) is 12.6. The van der Waals surface area contributed by atoms with E-state index in [1.807, 2.05) is 26.0 Å². The summed E-state index contributed by atoms with van der Waals surface area (Å²) in [6.07, 6.45) is 2.10. The summed E-state index contributed by atoms with van der Waals surface area (Å²) in [6.45, 7) is 6.92. The second kappa shape index (κ2) is 7.82. The first-order valence-corrected chi connectivity index (χ1v) is 9.47. The first-order valence-electron chi connectivity index (χ1n) is 9.47. The smallest absolute Gasteiger partial charge is 0.332 e. The lowest BCUT2D eigenvalue weighted by Gasteiger charge is -2.10. The molecule has 0 aliphatic rings. The number of phenolic OH excluding ortho intramolecular Hbond substituents is 1. The number of hydrogen-bond acceptors (Lipinski definition) is 4. The van der Waals surface area contributed by atoms with E-state index in [-0.39, 0.29) is 22.9 Å². The maximum Gasteiger partial charge on any atom is 0.332 e. The summed E-state index contributed by atoms with van der Waals surface area (Å²) in [4.78, 5) is 33.2. The molecule has 0 radical (unpaired) electrons. The quantitative estimate of drug-likeness (QED) is 0.669. The van der Waals surface area contributed by atoms with Crippen molar-refractivity contribution in [3.05, 3.63) is 56.5 Å². The van der Waals surface area contributed by atoms with E-state index in [1.165, 1.54) is 4.57 Å². The maximum atomic E-state index is 12.8. The molecular formula is C20H26N4O3. The highest BCUT2D eigenvalue weighted by atomic mass is 16.3. The topological polar surface area (TPSA) is 92.9 Å². The third-order valence-electron chi connectivity index (χ3n) is 4.77. The molecule has 0 bridgehead atoms. The number of hydrogen-bond donors (Lipinski definition) is 2. The fourth-order valence-electron chi connectivity index (χ4n) is 3.37. The molecule has 144 valence electrons. The van der Waals surface area contributed by atoms with Crippen LogP contribution in [0.1, 0.15) is 50.9 Å². The van der Waals surface area contributed by atoms with E-state index < -0.39 is 0 Å². The van der Waals surface area contributed by atoms with Crippen LogP contribution in [0.2, 0.25) is 0 Å². The summed E-state index contributed by atoms with van der Waals surface area (Å²) in [5, 5.41) is 9.44. The Hall–Kier alpha value is -2.83. The van der Waals surface area contributed by atoms with E-state index in [9.17, 15) is 14.7 Å². The minimum atomic E-state index is -0.305. The number of benzene rings is 1. The van der Waals surface area contributed by atoms with E-state index in [4.69, 9.17) is 0 Å². The highest BCUT2D eigenvalue weighted by molar-refractivity contribution is 5.69. The van der Waals surface area contributed by atoms with E-state index in [2.05, 4.69) is 16.9 Å². The van der Waals surface area contributed by atoms with Gasteiger partial charge in [0, 0.05) is 19.5 Å². The van der Waals surface area contributed by atoms with Gasteiger partial charge in [-0.1, -0.05) is 32.9 Å². The predicted molar refractivity (Wildman–Crippen MR) is 105 cm³/mol. The van der Waals surface area contributed by atoms with E-state index in [1.54, 1.807) is 16.7 Å². The monoisotopic (exact) mass is 370 g/mol. The molecule has 0 fully saturated rings. The third-order valence-corrected chi connectivity index (χ3v) is 4.77. The summed E-state index contributed by atoms with van der Waals surface area (Å²) < 4.78 is 2.89. The molecule has 3 aromatic rings. The molecule has 2 aromatic heterocycles. The van der Waals surface area contributed by atoms with Gasteiger partial charge in [-0.15, -0.1) is 0 Å². The maximum absolute atomic E-state index is 12.8. The van der Waals surface area contributed by atoms with Gasteiger partial charge in [-0.25, -0.2) is 9.78 Å². The summed E-state index contributed by atoms with van der Waals surface area (Å²) in [6, 6.07) is 7.08. The fourth-order valence-corrected chi connectivity index (χ4v) is 3.37. The number of nitrogens with one attached hydrogen (secondary N) is 1. The van der Waals surface area contributed by atoms with Crippen molar-refractivity contribution in [3.63, 3.8) is 0 Å². The Balaban J connectivity index is 2.04. The highest BCUT2D eigenvalue weighted by Crippen LogP contribution is 2.22. The Morgan fingerprint density at radius 1 is 1.07 bits per heavy atom. The summed E-state index contributed by atoms with van der Waals surface area (Å²) in [5.74, 6) is 1.06. The Kier molecular flexibility index (Phi) is 5.48. The first-order chi connectivity index (χ1) is 13.0.